The first-order valence-corrected chi connectivity index (χ1v) is 9.60. The summed E-state index contributed by atoms with van der Waals surface area (Å²) >= 11 is 0.813. The van der Waals surface area contributed by atoms with Crippen molar-refractivity contribution in [3.63, 3.8) is 0 Å². The highest BCUT2D eigenvalue weighted by molar-refractivity contribution is 8.14. The predicted octanol–water partition coefficient (Wildman–Crippen LogP) is 0.672. The van der Waals surface area contributed by atoms with Gasteiger partial charge in [0.15, 0.2) is 5.17 Å². The molecule has 2 aromatic carbocycles. The third-order valence-electron chi connectivity index (χ3n) is 4.19. The standard InChI is InChI=1S/C19H15N5O6S/c20-19(22-21-10-12-4-1-2-7-14(12)24(29)30)31-15-9-16(25)23(17(15)26)13-6-3-5-11(8-13)18(27)28/h1-8,10,15H,9H2,(H2,20,22)(H,27,28)/p-1/b21-10-/t15-/m1/s1. The maximum atomic E-state index is 12.6. The molecule has 0 spiro atoms. The molecule has 1 heterocycles. The molecule has 31 heavy (non-hydrogen) atoms. The third-order valence-corrected chi connectivity index (χ3v) is 5.17. The molecule has 0 radical (unpaired) electrons. The molecule has 0 aliphatic carbocycles. The number of para-hydroxylation sites is 1. The number of imide groups is 1. The van der Waals surface area contributed by atoms with E-state index in [0.29, 0.717) is 0 Å². The van der Waals surface area contributed by atoms with E-state index in [1.807, 2.05) is 0 Å². The van der Waals surface area contributed by atoms with Crippen molar-refractivity contribution in [1.82, 2.24) is 0 Å². The first-order chi connectivity index (χ1) is 14.8. The number of aromatic carboxylic acids is 1. The Kier molecular flexibility index (Phi) is 6.40. The lowest BCUT2D eigenvalue weighted by atomic mass is 10.2. The summed E-state index contributed by atoms with van der Waals surface area (Å²) in [6.07, 6.45) is 0.994. The largest absolute Gasteiger partial charge is 0.545 e. The molecule has 0 aromatic heterocycles. The minimum atomic E-state index is -1.43. The molecule has 0 bridgehead atoms. The first-order valence-electron chi connectivity index (χ1n) is 8.72. The number of carboxylic acid groups (broad SMARTS) is 1. The fourth-order valence-corrected chi connectivity index (χ4v) is 3.64. The van der Waals surface area contributed by atoms with E-state index in [-0.39, 0.29) is 34.1 Å². The van der Waals surface area contributed by atoms with E-state index < -0.39 is 28.0 Å². The number of thioether (sulfide) groups is 1. The zero-order valence-corrected chi connectivity index (χ0v) is 16.5. The van der Waals surface area contributed by atoms with Crippen LogP contribution in [0.4, 0.5) is 11.4 Å². The van der Waals surface area contributed by atoms with E-state index in [1.54, 1.807) is 6.07 Å². The summed E-state index contributed by atoms with van der Waals surface area (Å²) in [6, 6.07) is 11.2. The van der Waals surface area contributed by atoms with Crippen LogP contribution in [-0.2, 0) is 9.59 Å². The summed E-state index contributed by atoms with van der Waals surface area (Å²) in [6.45, 7) is 0. The number of anilines is 1. The molecule has 2 aromatic rings. The summed E-state index contributed by atoms with van der Waals surface area (Å²) in [7, 11) is 0. The smallest absolute Gasteiger partial charge is 0.278 e. The van der Waals surface area contributed by atoms with Gasteiger partial charge in [-0.15, -0.1) is 5.10 Å². The molecule has 0 saturated carbocycles. The van der Waals surface area contributed by atoms with Crippen LogP contribution in [0.2, 0.25) is 0 Å². The summed E-state index contributed by atoms with van der Waals surface area (Å²) in [5.41, 5.74) is 5.79. The Balaban J connectivity index is 1.71. The van der Waals surface area contributed by atoms with Crippen molar-refractivity contribution in [2.45, 2.75) is 11.7 Å². The average molecular weight is 440 g/mol. The highest BCUT2D eigenvalue weighted by Crippen LogP contribution is 2.30. The number of amidine groups is 1. The number of hydrogen-bond acceptors (Lipinski definition) is 9. The van der Waals surface area contributed by atoms with Crippen molar-refractivity contribution in [1.29, 1.82) is 0 Å². The van der Waals surface area contributed by atoms with Crippen LogP contribution < -0.4 is 15.7 Å². The molecule has 1 aliphatic heterocycles. The Morgan fingerprint density at radius 2 is 1.97 bits per heavy atom. The van der Waals surface area contributed by atoms with Crippen molar-refractivity contribution in [3.05, 3.63) is 69.8 Å². The normalized spacial score (nSPS) is 16.8. The van der Waals surface area contributed by atoms with Gasteiger partial charge in [0.1, 0.15) is 5.25 Å². The van der Waals surface area contributed by atoms with Gasteiger partial charge >= 0.3 is 0 Å². The molecule has 2 amide bonds. The molecular weight excluding hydrogens is 426 g/mol. The van der Waals surface area contributed by atoms with Crippen molar-refractivity contribution < 1.29 is 24.4 Å². The second kappa shape index (κ2) is 9.17. The van der Waals surface area contributed by atoms with Crippen LogP contribution in [0.25, 0.3) is 0 Å². The van der Waals surface area contributed by atoms with Crippen LogP contribution >= 0.6 is 11.8 Å². The summed E-state index contributed by atoms with van der Waals surface area (Å²) in [5, 5.41) is 28.4. The number of nitrogens with zero attached hydrogens (tertiary/aromatic N) is 4. The van der Waals surface area contributed by atoms with Crippen LogP contribution in [0.15, 0.2) is 58.7 Å². The number of carbonyl (C=O) groups excluding carboxylic acids is 3. The number of nitro groups is 1. The van der Waals surface area contributed by atoms with Gasteiger partial charge in [-0.1, -0.05) is 36.0 Å². The number of carboxylic acids is 1. The fraction of sp³-hybridized carbons (Fsp3) is 0.105. The highest BCUT2D eigenvalue weighted by Gasteiger charge is 2.40. The lowest BCUT2D eigenvalue weighted by Crippen LogP contribution is -2.32. The van der Waals surface area contributed by atoms with Gasteiger partial charge in [0.2, 0.25) is 11.8 Å². The molecule has 11 nitrogen and oxygen atoms in total. The lowest BCUT2D eigenvalue weighted by molar-refractivity contribution is -0.385. The van der Waals surface area contributed by atoms with E-state index in [2.05, 4.69) is 10.2 Å². The molecule has 158 valence electrons. The molecule has 0 unspecified atom stereocenters. The van der Waals surface area contributed by atoms with Gasteiger partial charge in [0, 0.05) is 12.5 Å². The molecule has 2 N–H and O–H groups in total. The Morgan fingerprint density at radius 3 is 2.68 bits per heavy atom. The molecule has 1 aliphatic rings. The third kappa shape index (κ3) is 4.93. The number of nitro benzene ring substituents is 1. The van der Waals surface area contributed by atoms with Crippen molar-refractivity contribution in [2.75, 3.05) is 4.90 Å². The molecule has 1 atom stereocenters. The molecule has 12 heteroatoms. The van der Waals surface area contributed by atoms with Gasteiger partial charge in [0.25, 0.3) is 5.69 Å². The number of amides is 2. The SMILES string of the molecule is NC(=N/N=C\c1ccccc1[N+](=O)[O-])S[C@@H]1CC(=O)N(c2cccc(C(=O)[O-])c2)C1=O. The van der Waals surface area contributed by atoms with Crippen LogP contribution in [0.3, 0.4) is 0 Å². The summed E-state index contributed by atoms with van der Waals surface area (Å²) < 4.78 is 0. The van der Waals surface area contributed by atoms with Gasteiger partial charge in [-0.3, -0.25) is 19.7 Å². The molecule has 1 saturated heterocycles. The summed E-state index contributed by atoms with van der Waals surface area (Å²) in [5.74, 6) is -2.53. The highest BCUT2D eigenvalue weighted by atomic mass is 32.2. The van der Waals surface area contributed by atoms with E-state index in [4.69, 9.17) is 5.73 Å². The zero-order valence-electron chi connectivity index (χ0n) is 15.7. The fourth-order valence-electron chi connectivity index (χ4n) is 2.82. The second-order valence-corrected chi connectivity index (χ2v) is 7.44. The minimum absolute atomic E-state index is 0.115. The average Bonchev–Trinajstić information content (AvgIpc) is 3.01. The van der Waals surface area contributed by atoms with Gasteiger partial charge in [0.05, 0.1) is 28.4 Å². The van der Waals surface area contributed by atoms with E-state index in [0.717, 1.165) is 22.9 Å². The maximum absolute atomic E-state index is 12.6. The zero-order chi connectivity index (χ0) is 22.5. The predicted molar refractivity (Wildman–Crippen MR) is 112 cm³/mol. The minimum Gasteiger partial charge on any atom is -0.545 e. The number of nitrogens with two attached hydrogens (primary N) is 1. The monoisotopic (exact) mass is 440 g/mol. The molecule has 1 fully saturated rings. The Morgan fingerprint density at radius 1 is 1.23 bits per heavy atom. The van der Waals surface area contributed by atoms with Crippen LogP contribution in [-0.4, -0.2) is 39.3 Å². The molecular formula is C19H14N5O6S-. The van der Waals surface area contributed by atoms with E-state index in [1.165, 1.54) is 42.5 Å². The lowest BCUT2D eigenvalue weighted by Gasteiger charge is -2.16. The van der Waals surface area contributed by atoms with Gasteiger partial charge < -0.3 is 15.6 Å². The Hall–Kier alpha value is -4.06. The van der Waals surface area contributed by atoms with Crippen LogP contribution in [0, 0.1) is 10.1 Å². The topological polar surface area (TPSA) is 171 Å². The quantitative estimate of drug-likeness (QED) is 0.224. The number of benzene rings is 2. The Bertz CT molecular complexity index is 1130. The van der Waals surface area contributed by atoms with Crippen molar-refractivity contribution >= 4 is 52.3 Å². The van der Waals surface area contributed by atoms with Crippen LogP contribution in [0.5, 0.6) is 0 Å². The number of carbonyl (C=O) groups is 3. The van der Waals surface area contributed by atoms with E-state index >= 15 is 0 Å². The Labute approximate surface area is 179 Å². The number of hydrogen-bond donors (Lipinski definition) is 1. The second-order valence-electron chi connectivity index (χ2n) is 6.21. The van der Waals surface area contributed by atoms with Gasteiger partial charge in [-0.05, 0) is 23.8 Å². The van der Waals surface area contributed by atoms with Gasteiger partial charge in [-0.25, -0.2) is 4.90 Å². The van der Waals surface area contributed by atoms with E-state index in [9.17, 15) is 29.6 Å². The first kappa shape index (κ1) is 21.6. The summed E-state index contributed by atoms with van der Waals surface area (Å²) in [4.78, 5) is 47.3. The van der Waals surface area contributed by atoms with Crippen molar-refractivity contribution in [2.24, 2.45) is 15.9 Å². The maximum Gasteiger partial charge on any atom is 0.278 e. The molecule has 3 rings (SSSR count). The van der Waals surface area contributed by atoms with Crippen LogP contribution in [0.1, 0.15) is 22.3 Å². The van der Waals surface area contributed by atoms with Gasteiger partial charge in [-0.2, -0.15) is 5.10 Å². The number of rotatable bonds is 6. The van der Waals surface area contributed by atoms with Crippen molar-refractivity contribution in [3.8, 4) is 0 Å².